The van der Waals surface area contributed by atoms with Crippen molar-refractivity contribution in [1.82, 2.24) is 4.90 Å². The van der Waals surface area contributed by atoms with Crippen LogP contribution in [-0.4, -0.2) is 24.5 Å². The highest BCUT2D eigenvalue weighted by Gasteiger charge is 2.27. The number of likely N-dealkylation sites (tertiary alicyclic amines) is 1. The van der Waals surface area contributed by atoms with Crippen molar-refractivity contribution in [1.29, 1.82) is 0 Å². The van der Waals surface area contributed by atoms with Crippen molar-refractivity contribution >= 4 is 0 Å². The molecule has 1 aromatic carbocycles. The molecular weight excluding hydrogens is 208 g/mol. The second kappa shape index (κ2) is 6.18. The van der Waals surface area contributed by atoms with Crippen LogP contribution in [-0.2, 0) is 0 Å². The molecule has 0 radical (unpaired) electrons. The first-order valence-corrected chi connectivity index (χ1v) is 6.84. The number of hydrogen-bond acceptors (Lipinski definition) is 2. The van der Waals surface area contributed by atoms with E-state index in [1.807, 2.05) is 0 Å². The fourth-order valence-electron chi connectivity index (χ4n) is 2.85. The maximum atomic E-state index is 5.78. The molecule has 1 aliphatic rings. The third kappa shape index (κ3) is 3.08. The maximum Gasteiger partial charge on any atom is 0.0348 e. The lowest BCUT2D eigenvalue weighted by molar-refractivity contribution is 0.224. The lowest BCUT2D eigenvalue weighted by atomic mass is 10.0. The van der Waals surface area contributed by atoms with Crippen LogP contribution in [0.5, 0.6) is 0 Å². The van der Waals surface area contributed by atoms with Gasteiger partial charge in [-0.1, -0.05) is 43.7 Å². The van der Waals surface area contributed by atoms with Crippen molar-refractivity contribution in [2.45, 2.75) is 32.2 Å². The van der Waals surface area contributed by atoms with E-state index in [1.165, 1.54) is 37.9 Å². The van der Waals surface area contributed by atoms with Gasteiger partial charge >= 0.3 is 0 Å². The van der Waals surface area contributed by atoms with Crippen molar-refractivity contribution in [2.75, 3.05) is 19.6 Å². The topological polar surface area (TPSA) is 29.3 Å². The van der Waals surface area contributed by atoms with Crippen LogP contribution in [0, 0.1) is 5.92 Å². The monoisotopic (exact) mass is 232 g/mol. The highest BCUT2D eigenvalue weighted by Crippen LogP contribution is 2.30. The Bertz CT molecular complexity index is 323. The van der Waals surface area contributed by atoms with Crippen molar-refractivity contribution in [3.8, 4) is 0 Å². The summed E-state index contributed by atoms with van der Waals surface area (Å²) in [5.74, 6) is 0.707. The van der Waals surface area contributed by atoms with Gasteiger partial charge in [0.1, 0.15) is 0 Å². The summed E-state index contributed by atoms with van der Waals surface area (Å²) in [5, 5.41) is 0. The second-order valence-electron chi connectivity index (χ2n) is 5.10. The minimum Gasteiger partial charge on any atom is -0.330 e. The smallest absolute Gasteiger partial charge is 0.0348 e. The van der Waals surface area contributed by atoms with Crippen molar-refractivity contribution < 1.29 is 0 Å². The van der Waals surface area contributed by atoms with E-state index >= 15 is 0 Å². The molecule has 94 valence electrons. The van der Waals surface area contributed by atoms with Gasteiger partial charge in [-0.25, -0.2) is 0 Å². The number of hydrogen-bond donors (Lipinski definition) is 1. The first-order valence-electron chi connectivity index (χ1n) is 6.84. The first-order chi connectivity index (χ1) is 8.35. The molecule has 2 heteroatoms. The Hall–Kier alpha value is -0.860. The Labute approximate surface area is 105 Å². The highest BCUT2D eigenvalue weighted by molar-refractivity contribution is 5.19. The fraction of sp³-hybridized carbons (Fsp3) is 0.600. The van der Waals surface area contributed by atoms with Crippen molar-refractivity contribution in [3.63, 3.8) is 0 Å². The van der Waals surface area contributed by atoms with E-state index in [2.05, 4.69) is 42.2 Å². The Kier molecular flexibility index (Phi) is 4.57. The van der Waals surface area contributed by atoms with Gasteiger partial charge in [-0.2, -0.15) is 0 Å². The van der Waals surface area contributed by atoms with Gasteiger partial charge in [-0.15, -0.1) is 0 Å². The number of nitrogens with zero attached hydrogens (tertiary/aromatic N) is 1. The molecule has 1 heterocycles. The summed E-state index contributed by atoms with van der Waals surface area (Å²) >= 11 is 0. The van der Waals surface area contributed by atoms with E-state index in [0.717, 1.165) is 6.54 Å². The molecule has 1 fully saturated rings. The normalized spacial score (nSPS) is 22.8. The van der Waals surface area contributed by atoms with Gasteiger partial charge in [0.25, 0.3) is 0 Å². The minimum absolute atomic E-state index is 0.595. The molecule has 1 aromatic rings. The summed E-state index contributed by atoms with van der Waals surface area (Å²) in [4.78, 5) is 2.62. The van der Waals surface area contributed by atoms with Gasteiger partial charge in [0.05, 0.1) is 0 Å². The Balaban J connectivity index is 2.08. The van der Waals surface area contributed by atoms with E-state index < -0.39 is 0 Å². The standard InChI is InChI=1S/C15H24N2/c1-2-6-15(14-7-4-3-5-8-14)17-10-9-13(11-16)12-17/h3-5,7-8,13,15H,2,6,9-12,16H2,1H3. The van der Waals surface area contributed by atoms with Crippen molar-refractivity contribution in [2.24, 2.45) is 11.7 Å². The van der Waals surface area contributed by atoms with Crippen LogP contribution in [0.15, 0.2) is 30.3 Å². The van der Waals surface area contributed by atoms with Gasteiger partial charge in [-0.3, -0.25) is 4.90 Å². The summed E-state index contributed by atoms with van der Waals surface area (Å²) in [7, 11) is 0. The number of benzene rings is 1. The predicted octanol–water partition coefficient (Wildman–Crippen LogP) is 2.81. The summed E-state index contributed by atoms with van der Waals surface area (Å²) < 4.78 is 0. The molecule has 0 spiro atoms. The SMILES string of the molecule is CCCC(c1ccccc1)N1CCC(CN)C1. The van der Waals surface area contributed by atoms with Crippen LogP contribution in [0.25, 0.3) is 0 Å². The van der Waals surface area contributed by atoms with Crippen LogP contribution in [0.2, 0.25) is 0 Å². The van der Waals surface area contributed by atoms with Crippen LogP contribution in [0.3, 0.4) is 0 Å². The van der Waals surface area contributed by atoms with E-state index in [4.69, 9.17) is 5.73 Å². The molecule has 1 aliphatic heterocycles. The van der Waals surface area contributed by atoms with Gasteiger partial charge in [0.2, 0.25) is 0 Å². The van der Waals surface area contributed by atoms with Crippen LogP contribution >= 0.6 is 0 Å². The molecule has 0 aromatic heterocycles. The fourth-order valence-corrected chi connectivity index (χ4v) is 2.85. The van der Waals surface area contributed by atoms with Crippen LogP contribution in [0.1, 0.15) is 37.8 Å². The molecule has 2 N–H and O–H groups in total. The van der Waals surface area contributed by atoms with Crippen molar-refractivity contribution in [3.05, 3.63) is 35.9 Å². The Morgan fingerprint density at radius 3 is 2.71 bits per heavy atom. The second-order valence-corrected chi connectivity index (χ2v) is 5.10. The van der Waals surface area contributed by atoms with Gasteiger partial charge in [-0.05, 0) is 37.4 Å². The lowest BCUT2D eigenvalue weighted by Gasteiger charge is -2.28. The zero-order valence-corrected chi connectivity index (χ0v) is 10.8. The molecule has 0 amide bonds. The Morgan fingerprint density at radius 2 is 2.12 bits per heavy atom. The van der Waals surface area contributed by atoms with E-state index in [1.54, 1.807) is 0 Å². The molecule has 17 heavy (non-hydrogen) atoms. The summed E-state index contributed by atoms with van der Waals surface area (Å²) in [6, 6.07) is 11.5. The van der Waals surface area contributed by atoms with Crippen LogP contribution in [0.4, 0.5) is 0 Å². The summed E-state index contributed by atoms with van der Waals surface area (Å²) in [5.41, 5.74) is 7.25. The molecular formula is C15H24N2. The summed E-state index contributed by atoms with van der Waals surface area (Å²) in [6.07, 6.45) is 3.76. The highest BCUT2D eigenvalue weighted by atomic mass is 15.2. The molecule has 0 aliphatic carbocycles. The molecule has 0 saturated carbocycles. The van der Waals surface area contributed by atoms with Crippen LogP contribution < -0.4 is 5.73 Å². The quantitative estimate of drug-likeness (QED) is 0.846. The van der Waals surface area contributed by atoms with E-state index in [9.17, 15) is 0 Å². The average molecular weight is 232 g/mol. The van der Waals surface area contributed by atoms with E-state index in [0.29, 0.717) is 12.0 Å². The molecule has 0 bridgehead atoms. The van der Waals surface area contributed by atoms with E-state index in [-0.39, 0.29) is 0 Å². The third-order valence-electron chi connectivity index (χ3n) is 3.84. The largest absolute Gasteiger partial charge is 0.330 e. The number of rotatable bonds is 5. The third-order valence-corrected chi connectivity index (χ3v) is 3.84. The Morgan fingerprint density at radius 1 is 1.35 bits per heavy atom. The molecule has 1 saturated heterocycles. The minimum atomic E-state index is 0.595. The van der Waals surface area contributed by atoms with Gasteiger partial charge in [0.15, 0.2) is 0 Å². The number of nitrogens with two attached hydrogens (primary N) is 1. The summed E-state index contributed by atoms with van der Waals surface area (Å²) in [6.45, 7) is 5.49. The zero-order chi connectivity index (χ0) is 12.1. The van der Waals surface area contributed by atoms with Gasteiger partial charge < -0.3 is 5.73 Å². The lowest BCUT2D eigenvalue weighted by Crippen LogP contribution is -2.28. The molecule has 2 nitrogen and oxygen atoms in total. The first kappa shape index (κ1) is 12.6. The van der Waals surface area contributed by atoms with Gasteiger partial charge in [0, 0.05) is 12.6 Å². The predicted molar refractivity (Wildman–Crippen MR) is 72.8 cm³/mol. The zero-order valence-electron chi connectivity index (χ0n) is 10.8. The molecule has 2 atom stereocenters. The molecule has 2 rings (SSSR count). The molecule has 2 unspecified atom stereocenters. The average Bonchev–Trinajstić information content (AvgIpc) is 2.85. The maximum absolute atomic E-state index is 5.78.